The average Bonchev–Trinajstić information content (AvgIpc) is 2.12. The Morgan fingerprint density at radius 2 is 1.78 bits per heavy atom. The smallest absolute Gasteiger partial charge is 0.231 e. The SMILES string of the molecule is CCC(N)C(N(CC(N)=O)CC(C)C)C(C)(C)C. The van der Waals surface area contributed by atoms with Crippen molar-refractivity contribution in [3.8, 4) is 0 Å². The Morgan fingerprint density at radius 1 is 1.28 bits per heavy atom. The van der Waals surface area contributed by atoms with Crippen LogP contribution in [0.25, 0.3) is 0 Å². The molecule has 4 heteroatoms. The quantitative estimate of drug-likeness (QED) is 0.727. The number of primary amides is 1. The van der Waals surface area contributed by atoms with Crippen molar-refractivity contribution in [2.24, 2.45) is 22.8 Å². The van der Waals surface area contributed by atoms with Crippen molar-refractivity contribution in [3.63, 3.8) is 0 Å². The highest BCUT2D eigenvalue weighted by atomic mass is 16.1. The molecular weight excluding hydrogens is 226 g/mol. The van der Waals surface area contributed by atoms with E-state index in [1.54, 1.807) is 0 Å². The summed E-state index contributed by atoms with van der Waals surface area (Å²) in [6.45, 7) is 14.0. The summed E-state index contributed by atoms with van der Waals surface area (Å²) in [5, 5.41) is 0. The summed E-state index contributed by atoms with van der Waals surface area (Å²) < 4.78 is 0. The Labute approximate surface area is 112 Å². The van der Waals surface area contributed by atoms with Crippen LogP contribution in [0.1, 0.15) is 48.0 Å². The van der Waals surface area contributed by atoms with Crippen molar-refractivity contribution < 1.29 is 4.79 Å². The van der Waals surface area contributed by atoms with Gasteiger partial charge in [0.2, 0.25) is 5.91 Å². The summed E-state index contributed by atoms with van der Waals surface area (Å²) in [7, 11) is 0. The molecule has 18 heavy (non-hydrogen) atoms. The van der Waals surface area contributed by atoms with E-state index < -0.39 is 0 Å². The molecule has 0 saturated heterocycles. The maximum Gasteiger partial charge on any atom is 0.231 e. The van der Waals surface area contributed by atoms with Crippen LogP contribution in [0.5, 0.6) is 0 Å². The first-order chi connectivity index (χ1) is 8.09. The normalized spacial score (nSPS) is 16.1. The summed E-state index contributed by atoms with van der Waals surface area (Å²) in [6, 6.07) is 0.223. The molecule has 0 spiro atoms. The minimum atomic E-state index is -0.284. The summed E-state index contributed by atoms with van der Waals surface area (Å²) in [6.07, 6.45) is 0.898. The number of nitrogens with two attached hydrogens (primary N) is 2. The molecule has 0 bridgehead atoms. The molecule has 108 valence electrons. The van der Waals surface area contributed by atoms with E-state index in [4.69, 9.17) is 11.5 Å². The van der Waals surface area contributed by atoms with Crippen LogP contribution in [0.2, 0.25) is 0 Å². The monoisotopic (exact) mass is 257 g/mol. The van der Waals surface area contributed by atoms with Crippen LogP contribution >= 0.6 is 0 Å². The molecular formula is C14H31N3O. The lowest BCUT2D eigenvalue weighted by Gasteiger charge is -2.43. The molecule has 0 radical (unpaired) electrons. The van der Waals surface area contributed by atoms with Crippen LogP contribution in [0, 0.1) is 11.3 Å². The topological polar surface area (TPSA) is 72.3 Å². The molecule has 0 aromatic rings. The molecule has 0 aliphatic heterocycles. The third-order valence-corrected chi connectivity index (χ3v) is 3.12. The highest BCUT2D eigenvalue weighted by molar-refractivity contribution is 5.76. The van der Waals surface area contributed by atoms with Crippen LogP contribution in [0.3, 0.4) is 0 Å². The molecule has 4 N–H and O–H groups in total. The summed E-state index contributed by atoms with van der Waals surface area (Å²) >= 11 is 0. The van der Waals surface area contributed by atoms with Gasteiger partial charge in [-0.25, -0.2) is 0 Å². The molecule has 2 unspecified atom stereocenters. The predicted molar refractivity (Wildman–Crippen MR) is 77.1 cm³/mol. The molecule has 0 aromatic heterocycles. The van der Waals surface area contributed by atoms with Gasteiger partial charge in [-0.05, 0) is 17.8 Å². The van der Waals surface area contributed by atoms with E-state index in [1.165, 1.54) is 0 Å². The van der Waals surface area contributed by atoms with Crippen molar-refractivity contribution in [2.45, 2.75) is 60.0 Å². The van der Waals surface area contributed by atoms with Crippen molar-refractivity contribution in [2.75, 3.05) is 13.1 Å². The fourth-order valence-corrected chi connectivity index (χ4v) is 2.63. The van der Waals surface area contributed by atoms with Crippen LogP contribution in [-0.4, -0.2) is 36.0 Å². The largest absolute Gasteiger partial charge is 0.369 e. The Balaban J connectivity index is 5.12. The van der Waals surface area contributed by atoms with E-state index in [2.05, 4.69) is 46.4 Å². The second-order valence-electron chi connectivity index (χ2n) is 6.67. The van der Waals surface area contributed by atoms with Gasteiger partial charge in [-0.1, -0.05) is 41.5 Å². The van der Waals surface area contributed by atoms with Crippen molar-refractivity contribution >= 4 is 5.91 Å². The van der Waals surface area contributed by atoms with Gasteiger partial charge in [0.15, 0.2) is 0 Å². The van der Waals surface area contributed by atoms with Gasteiger partial charge in [0, 0.05) is 18.6 Å². The van der Waals surface area contributed by atoms with Gasteiger partial charge in [-0.15, -0.1) is 0 Å². The zero-order chi connectivity index (χ0) is 14.5. The summed E-state index contributed by atoms with van der Waals surface area (Å²) in [4.78, 5) is 13.4. The highest BCUT2D eigenvalue weighted by Crippen LogP contribution is 2.28. The standard InChI is InChI=1S/C14H31N3O/c1-7-11(15)13(14(4,5)6)17(8-10(2)3)9-12(16)18/h10-11,13H,7-9,15H2,1-6H3,(H2,16,18). The Morgan fingerprint density at radius 3 is 2.06 bits per heavy atom. The molecule has 0 heterocycles. The van der Waals surface area contributed by atoms with Crippen molar-refractivity contribution in [1.29, 1.82) is 0 Å². The molecule has 0 fully saturated rings. The number of amides is 1. The van der Waals surface area contributed by atoms with E-state index in [-0.39, 0.29) is 30.0 Å². The number of hydrogen-bond acceptors (Lipinski definition) is 3. The van der Waals surface area contributed by atoms with Gasteiger partial charge >= 0.3 is 0 Å². The zero-order valence-electron chi connectivity index (χ0n) is 12.9. The fraction of sp³-hybridized carbons (Fsp3) is 0.929. The summed E-state index contributed by atoms with van der Waals surface area (Å²) in [5.41, 5.74) is 11.7. The first kappa shape index (κ1) is 17.4. The van der Waals surface area contributed by atoms with Crippen LogP contribution < -0.4 is 11.5 Å². The second kappa shape index (κ2) is 7.10. The average molecular weight is 257 g/mol. The lowest BCUT2D eigenvalue weighted by Crippen LogP contribution is -2.57. The third-order valence-electron chi connectivity index (χ3n) is 3.12. The minimum absolute atomic E-state index is 0.0275. The molecule has 0 rings (SSSR count). The fourth-order valence-electron chi connectivity index (χ4n) is 2.63. The van der Waals surface area contributed by atoms with Gasteiger partial charge in [0.1, 0.15) is 0 Å². The van der Waals surface area contributed by atoms with Gasteiger partial charge in [0.25, 0.3) is 0 Å². The number of nitrogens with zero attached hydrogens (tertiary/aromatic N) is 1. The Bertz CT molecular complexity index is 258. The maximum atomic E-state index is 11.3. The molecule has 0 saturated carbocycles. The molecule has 0 aliphatic carbocycles. The van der Waals surface area contributed by atoms with Crippen LogP contribution in [0.4, 0.5) is 0 Å². The zero-order valence-corrected chi connectivity index (χ0v) is 12.9. The molecule has 0 aromatic carbocycles. The molecule has 0 aliphatic rings. The molecule has 1 amide bonds. The minimum Gasteiger partial charge on any atom is -0.369 e. The Kier molecular flexibility index (Phi) is 6.86. The highest BCUT2D eigenvalue weighted by Gasteiger charge is 2.35. The van der Waals surface area contributed by atoms with Crippen molar-refractivity contribution in [3.05, 3.63) is 0 Å². The molecule has 2 atom stereocenters. The molecule has 4 nitrogen and oxygen atoms in total. The lowest BCUT2D eigenvalue weighted by molar-refractivity contribution is -0.120. The predicted octanol–water partition coefficient (Wildman–Crippen LogP) is 1.58. The van der Waals surface area contributed by atoms with Gasteiger partial charge < -0.3 is 11.5 Å². The lowest BCUT2D eigenvalue weighted by atomic mass is 9.80. The summed E-state index contributed by atoms with van der Waals surface area (Å²) in [5.74, 6) is 0.200. The first-order valence-electron chi connectivity index (χ1n) is 6.87. The first-order valence-corrected chi connectivity index (χ1v) is 6.87. The van der Waals surface area contributed by atoms with Gasteiger partial charge in [0.05, 0.1) is 6.54 Å². The van der Waals surface area contributed by atoms with Crippen LogP contribution in [-0.2, 0) is 4.79 Å². The van der Waals surface area contributed by atoms with E-state index in [0.717, 1.165) is 13.0 Å². The van der Waals surface area contributed by atoms with E-state index >= 15 is 0 Å². The Hall–Kier alpha value is -0.610. The van der Waals surface area contributed by atoms with Gasteiger partial charge in [-0.3, -0.25) is 9.69 Å². The second-order valence-corrected chi connectivity index (χ2v) is 6.67. The maximum absolute atomic E-state index is 11.3. The number of carbonyl (C=O) groups excluding carboxylic acids is 1. The van der Waals surface area contributed by atoms with E-state index in [1.807, 2.05) is 0 Å². The van der Waals surface area contributed by atoms with Crippen LogP contribution in [0.15, 0.2) is 0 Å². The van der Waals surface area contributed by atoms with Crippen molar-refractivity contribution in [1.82, 2.24) is 4.90 Å². The van der Waals surface area contributed by atoms with E-state index in [0.29, 0.717) is 5.92 Å². The number of carbonyl (C=O) groups is 1. The third kappa shape index (κ3) is 5.83. The number of rotatable bonds is 7. The van der Waals surface area contributed by atoms with E-state index in [9.17, 15) is 4.79 Å². The number of hydrogen-bond donors (Lipinski definition) is 2. The van der Waals surface area contributed by atoms with Gasteiger partial charge in [-0.2, -0.15) is 0 Å².